The van der Waals surface area contributed by atoms with Crippen LogP contribution in [-0.2, 0) is 0 Å². The fraction of sp³-hybridized carbons (Fsp3) is 0.273. The molecule has 0 spiro atoms. The maximum Gasteiger partial charge on any atom is 0.437 e. The Hall–Kier alpha value is -3.33. The monoisotopic (exact) mass is 434 g/mol. The van der Waals surface area contributed by atoms with Crippen LogP contribution in [0.4, 0.5) is 18.0 Å². The van der Waals surface area contributed by atoms with Gasteiger partial charge in [0.05, 0.1) is 6.04 Å². The van der Waals surface area contributed by atoms with Crippen molar-refractivity contribution in [3.05, 3.63) is 77.9 Å². The van der Waals surface area contributed by atoms with E-state index in [9.17, 15) is 27.9 Å². The predicted octanol–water partition coefficient (Wildman–Crippen LogP) is 3.66. The highest BCUT2D eigenvalue weighted by molar-refractivity contribution is 6.00. The molecule has 1 aliphatic rings. The Morgan fingerprint density at radius 3 is 2.35 bits per heavy atom. The van der Waals surface area contributed by atoms with Gasteiger partial charge in [0.2, 0.25) is 5.72 Å². The highest BCUT2D eigenvalue weighted by atomic mass is 19.4. The molecule has 0 aromatic heterocycles. The maximum atomic E-state index is 13.9. The minimum absolute atomic E-state index is 0.0211. The zero-order valence-electron chi connectivity index (χ0n) is 16.6. The van der Waals surface area contributed by atoms with Gasteiger partial charge in [0.1, 0.15) is 18.3 Å². The summed E-state index contributed by atoms with van der Waals surface area (Å²) in [5.74, 6) is -2.62. The summed E-state index contributed by atoms with van der Waals surface area (Å²) in [5, 5.41) is 14.4. The first kappa shape index (κ1) is 22.4. The number of amides is 2. The van der Waals surface area contributed by atoms with Crippen LogP contribution >= 0.6 is 0 Å². The summed E-state index contributed by atoms with van der Waals surface area (Å²) >= 11 is 0. The number of rotatable bonds is 6. The van der Waals surface area contributed by atoms with E-state index < -0.39 is 35.7 Å². The summed E-state index contributed by atoms with van der Waals surface area (Å²) in [6.45, 7) is 5.52. The summed E-state index contributed by atoms with van der Waals surface area (Å²) in [6.07, 6.45) is -3.78. The number of Topliss-reactive ketones (excluding diaryl/α,β-unsaturated/α-hetero) is 1. The lowest BCUT2D eigenvalue weighted by atomic mass is 9.77. The fourth-order valence-corrected chi connectivity index (χ4v) is 3.44. The third kappa shape index (κ3) is 4.41. The minimum atomic E-state index is -5.30. The Labute approximate surface area is 176 Å². The standard InChI is InChI=1S/C22H21F3N2O4/c1-3-12-31-16-10-8-14(9-11-16)18-17(19(28)15-6-4-13(2)5-7-15)21(30,22(23,24)25)27-20(29)26-18/h3-11,17-18,30H,1,12H2,2H3,(H2,26,27,29)/t17-,18-,21-/m1/s1. The zero-order chi connectivity index (χ0) is 22.8. The molecule has 1 fully saturated rings. The van der Waals surface area contributed by atoms with Gasteiger partial charge in [-0.1, -0.05) is 54.6 Å². The van der Waals surface area contributed by atoms with Crippen molar-refractivity contribution in [1.82, 2.24) is 10.6 Å². The van der Waals surface area contributed by atoms with Gasteiger partial charge in [0.15, 0.2) is 5.78 Å². The van der Waals surface area contributed by atoms with Gasteiger partial charge in [-0.05, 0) is 24.6 Å². The number of carbonyl (C=O) groups is 2. The molecule has 2 aromatic rings. The van der Waals surface area contributed by atoms with Crippen LogP contribution in [0.25, 0.3) is 0 Å². The Morgan fingerprint density at radius 1 is 1.19 bits per heavy atom. The van der Waals surface area contributed by atoms with Crippen molar-refractivity contribution in [2.24, 2.45) is 5.92 Å². The number of carbonyl (C=O) groups excluding carboxylic acids is 2. The van der Waals surface area contributed by atoms with Crippen LogP contribution in [0.3, 0.4) is 0 Å². The number of ketones is 1. The van der Waals surface area contributed by atoms with Gasteiger partial charge in [-0.25, -0.2) is 4.79 Å². The van der Waals surface area contributed by atoms with E-state index in [1.54, 1.807) is 19.1 Å². The van der Waals surface area contributed by atoms with Crippen LogP contribution in [-0.4, -0.2) is 35.4 Å². The SMILES string of the molecule is C=CCOc1ccc([C@H]2NC(=O)N[C@](O)(C(F)(F)F)[C@H]2C(=O)c2ccc(C)cc2)cc1. The molecule has 2 aromatic carbocycles. The Bertz CT molecular complexity index is 974. The van der Waals surface area contributed by atoms with Gasteiger partial charge in [0, 0.05) is 5.56 Å². The molecule has 1 heterocycles. The van der Waals surface area contributed by atoms with E-state index in [1.807, 2.05) is 0 Å². The normalized spacial score (nSPS) is 23.5. The molecule has 2 amide bonds. The van der Waals surface area contributed by atoms with E-state index in [0.717, 1.165) is 5.56 Å². The average Bonchev–Trinajstić information content (AvgIpc) is 2.71. The zero-order valence-corrected chi connectivity index (χ0v) is 16.6. The molecular weight excluding hydrogens is 413 g/mol. The number of aryl methyl sites for hydroxylation is 1. The summed E-state index contributed by atoms with van der Waals surface area (Å²) < 4.78 is 47.1. The first-order valence-electron chi connectivity index (χ1n) is 9.39. The maximum absolute atomic E-state index is 13.9. The molecule has 1 saturated heterocycles. The number of ether oxygens (including phenoxy) is 1. The average molecular weight is 434 g/mol. The molecule has 6 nitrogen and oxygen atoms in total. The third-order valence-electron chi connectivity index (χ3n) is 5.03. The molecular formula is C22H21F3N2O4. The summed E-state index contributed by atoms with van der Waals surface area (Å²) in [5.41, 5.74) is -2.77. The highest BCUT2D eigenvalue weighted by Crippen LogP contribution is 2.44. The molecule has 31 heavy (non-hydrogen) atoms. The van der Waals surface area contributed by atoms with Crippen molar-refractivity contribution in [2.45, 2.75) is 24.9 Å². The summed E-state index contributed by atoms with van der Waals surface area (Å²) in [6, 6.07) is 9.09. The van der Waals surface area contributed by atoms with Gasteiger partial charge >= 0.3 is 12.2 Å². The molecule has 0 radical (unpaired) electrons. The van der Waals surface area contributed by atoms with Crippen molar-refractivity contribution < 1.29 is 32.6 Å². The number of aliphatic hydroxyl groups is 1. The first-order valence-corrected chi connectivity index (χ1v) is 9.39. The largest absolute Gasteiger partial charge is 0.490 e. The van der Waals surface area contributed by atoms with Crippen molar-refractivity contribution in [3.8, 4) is 5.75 Å². The third-order valence-corrected chi connectivity index (χ3v) is 5.03. The predicted molar refractivity (Wildman–Crippen MR) is 107 cm³/mol. The number of hydrogen-bond acceptors (Lipinski definition) is 4. The smallest absolute Gasteiger partial charge is 0.437 e. The van der Waals surface area contributed by atoms with Crippen LogP contribution in [0.1, 0.15) is 27.5 Å². The van der Waals surface area contributed by atoms with Crippen LogP contribution in [0.15, 0.2) is 61.2 Å². The lowest BCUT2D eigenvalue weighted by Gasteiger charge is -2.45. The topological polar surface area (TPSA) is 87.7 Å². The second-order valence-electron chi connectivity index (χ2n) is 7.22. The Kier molecular flexibility index (Phi) is 6.08. The second kappa shape index (κ2) is 8.43. The molecule has 3 rings (SSSR count). The van der Waals surface area contributed by atoms with Crippen LogP contribution in [0.5, 0.6) is 5.75 Å². The lowest BCUT2D eigenvalue weighted by molar-refractivity contribution is -0.287. The molecule has 0 saturated carbocycles. The quantitative estimate of drug-likeness (QED) is 0.478. The van der Waals surface area contributed by atoms with Gasteiger partial charge in [-0.3, -0.25) is 4.79 Å². The number of halogens is 3. The van der Waals surface area contributed by atoms with Crippen LogP contribution in [0.2, 0.25) is 0 Å². The molecule has 164 valence electrons. The van der Waals surface area contributed by atoms with E-state index in [0.29, 0.717) is 5.75 Å². The molecule has 3 atom stereocenters. The summed E-state index contributed by atoms with van der Waals surface area (Å²) in [7, 11) is 0. The van der Waals surface area contributed by atoms with Gasteiger partial charge in [-0.2, -0.15) is 13.2 Å². The number of urea groups is 1. The van der Waals surface area contributed by atoms with Gasteiger partial charge in [0.25, 0.3) is 0 Å². The minimum Gasteiger partial charge on any atom is -0.490 e. The van der Waals surface area contributed by atoms with Crippen LogP contribution < -0.4 is 15.4 Å². The second-order valence-corrected chi connectivity index (χ2v) is 7.22. The van der Waals surface area contributed by atoms with E-state index in [-0.39, 0.29) is 17.7 Å². The van der Waals surface area contributed by atoms with E-state index in [1.165, 1.54) is 47.8 Å². The molecule has 0 unspecified atom stereocenters. The van der Waals surface area contributed by atoms with E-state index >= 15 is 0 Å². The Morgan fingerprint density at radius 2 is 1.81 bits per heavy atom. The number of benzene rings is 2. The lowest BCUT2D eigenvalue weighted by Crippen LogP contribution is -2.72. The van der Waals surface area contributed by atoms with Crippen molar-refractivity contribution >= 4 is 11.8 Å². The fourth-order valence-electron chi connectivity index (χ4n) is 3.44. The van der Waals surface area contributed by atoms with E-state index in [2.05, 4.69) is 11.9 Å². The molecule has 0 bridgehead atoms. The Balaban J connectivity index is 2.07. The number of alkyl halides is 3. The van der Waals surface area contributed by atoms with Crippen molar-refractivity contribution in [3.63, 3.8) is 0 Å². The number of nitrogens with one attached hydrogen (secondary N) is 2. The summed E-state index contributed by atoms with van der Waals surface area (Å²) in [4.78, 5) is 25.2. The van der Waals surface area contributed by atoms with Crippen LogP contribution in [0, 0.1) is 12.8 Å². The molecule has 9 heteroatoms. The van der Waals surface area contributed by atoms with Gasteiger partial charge in [-0.15, -0.1) is 0 Å². The number of hydrogen-bond donors (Lipinski definition) is 3. The van der Waals surface area contributed by atoms with Crippen molar-refractivity contribution in [1.29, 1.82) is 0 Å². The first-order chi connectivity index (χ1) is 14.6. The highest BCUT2D eigenvalue weighted by Gasteiger charge is 2.66. The molecule has 3 N–H and O–H groups in total. The van der Waals surface area contributed by atoms with E-state index in [4.69, 9.17) is 4.74 Å². The molecule has 1 aliphatic heterocycles. The molecule has 0 aliphatic carbocycles. The van der Waals surface area contributed by atoms with Crippen molar-refractivity contribution in [2.75, 3.05) is 6.61 Å². The van der Waals surface area contributed by atoms with Gasteiger partial charge < -0.3 is 20.5 Å².